The van der Waals surface area contributed by atoms with E-state index in [-0.39, 0.29) is 0 Å². The van der Waals surface area contributed by atoms with Gasteiger partial charge in [0.15, 0.2) is 17.5 Å². The van der Waals surface area contributed by atoms with Crippen molar-refractivity contribution in [3.63, 3.8) is 0 Å². The molecule has 0 aliphatic rings. The van der Waals surface area contributed by atoms with Gasteiger partial charge in [0.2, 0.25) is 0 Å². The number of benzene rings is 9. The van der Waals surface area contributed by atoms with Crippen molar-refractivity contribution in [2.24, 2.45) is 0 Å². The van der Waals surface area contributed by atoms with Crippen LogP contribution < -0.4 is 0 Å². The molecule has 0 saturated carbocycles. The monoisotopic (exact) mass is 726 g/mol. The number of fused-ring (bicyclic) bond motifs is 6. The maximum absolute atomic E-state index is 5.34. The standard InChI is InChI=1S/C53H34N4/c1-3-16-35(17-4-1)37-30-31-46(50(34-37)57-48-28-13-11-26-44(48)45-27-12-14-29-49(45)57)53-55-51(36-18-5-2-6-19-36)54-52(56-53)40-22-15-21-38(32-40)47-33-39-20-7-8-23-41(39)42-24-9-10-25-43(42)47/h1-34H. The van der Waals surface area contributed by atoms with Gasteiger partial charge in [0.1, 0.15) is 0 Å². The van der Waals surface area contributed by atoms with E-state index in [2.05, 4.69) is 193 Å². The fourth-order valence-electron chi connectivity index (χ4n) is 8.36. The van der Waals surface area contributed by atoms with Crippen molar-refractivity contribution in [2.75, 3.05) is 0 Å². The van der Waals surface area contributed by atoms with Gasteiger partial charge in [-0.3, -0.25) is 0 Å². The average Bonchev–Trinajstić information content (AvgIpc) is 3.63. The summed E-state index contributed by atoms with van der Waals surface area (Å²) in [4.78, 5) is 15.8. The van der Waals surface area contributed by atoms with Crippen LogP contribution >= 0.6 is 0 Å². The quantitative estimate of drug-likeness (QED) is 0.160. The van der Waals surface area contributed by atoms with Gasteiger partial charge in [0, 0.05) is 27.5 Å². The lowest BCUT2D eigenvalue weighted by atomic mass is 9.92. The Morgan fingerprint density at radius 3 is 1.53 bits per heavy atom. The van der Waals surface area contributed by atoms with E-state index in [1.165, 1.54) is 37.9 Å². The molecule has 11 rings (SSSR count). The van der Waals surface area contributed by atoms with Gasteiger partial charge in [0.25, 0.3) is 0 Å². The lowest BCUT2D eigenvalue weighted by molar-refractivity contribution is 1.06. The van der Waals surface area contributed by atoms with E-state index in [1.54, 1.807) is 0 Å². The average molecular weight is 727 g/mol. The molecule has 57 heavy (non-hydrogen) atoms. The molecule has 0 spiro atoms. The van der Waals surface area contributed by atoms with Crippen LogP contribution in [-0.4, -0.2) is 19.5 Å². The Kier molecular flexibility index (Phi) is 7.78. The second-order valence-electron chi connectivity index (χ2n) is 14.4. The number of nitrogens with zero attached hydrogens (tertiary/aromatic N) is 4. The minimum atomic E-state index is 0.608. The third kappa shape index (κ3) is 5.66. The number of hydrogen-bond donors (Lipinski definition) is 0. The molecule has 0 amide bonds. The topological polar surface area (TPSA) is 43.6 Å². The molecule has 0 saturated heterocycles. The highest BCUT2D eigenvalue weighted by Crippen LogP contribution is 2.40. The number of para-hydroxylation sites is 2. The zero-order chi connectivity index (χ0) is 37.7. The second-order valence-corrected chi connectivity index (χ2v) is 14.4. The second kappa shape index (κ2) is 13.6. The molecule has 0 aliphatic heterocycles. The molecular weight excluding hydrogens is 693 g/mol. The molecule has 0 fully saturated rings. The molecule has 2 aromatic heterocycles. The maximum atomic E-state index is 5.34. The van der Waals surface area contributed by atoms with Gasteiger partial charge >= 0.3 is 0 Å². The smallest absolute Gasteiger partial charge is 0.166 e. The lowest BCUT2D eigenvalue weighted by Crippen LogP contribution is -2.04. The van der Waals surface area contributed by atoms with Crippen molar-refractivity contribution in [2.45, 2.75) is 0 Å². The van der Waals surface area contributed by atoms with Crippen LogP contribution in [-0.2, 0) is 0 Å². The van der Waals surface area contributed by atoms with E-state index in [0.717, 1.165) is 50.1 Å². The predicted octanol–water partition coefficient (Wildman–Crippen LogP) is 13.6. The van der Waals surface area contributed by atoms with E-state index in [1.807, 2.05) is 18.2 Å². The third-order valence-corrected chi connectivity index (χ3v) is 11.0. The van der Waals surface area contributed by atoms with Crippen LogP contribution in [0.4, 0.5) is 0 Å². The number of aromatic nitrogens is 4. The van der Waals surface area contributed by atoms with Crippen LogP contribution in [0.1, 0.15) is 0 Å². The lowest BCUT2D eigenvalue weighted by Gasteiger charge is -2.16. The summed E-state index contributed by atoms with van der Waals surface area (Å²) in [7, 11) is 0. The van der Waals surface area contributed by atoms with Crippen LogP contribution in [0.2, 0.25) is 0 Å². The SMILES string of the molecule is c1ccc(-c2ccc(-c3nc(-c4ccccc4)nc(-c4cccc(-c5cc6ccccc6c6ccccc56)c4)n3)c(-n3c4ccccc4c4ccccc43)c2)cc1. The summed E-state index contributed by atoms with van der Waals surface area (Å²) in [5.74, 6) is 1.85. The van der Waals surface area contributed by atoms with E-state index in [0.29, 0.717) is 17.5 Å². The molecule has 4 heteroatoms. The van der Waals surface area contributed by atoms with Crippen LogP contribution in [0, 0.1) is 0 Å². The highest BCUT2D eigenvalue weighted by Gasteiger charge is 2.20. The molecule has 0 radical (unpaired) electrons. The van der Waals surface area contributed by atoms with E-state index >= 15 is 0 Å². The Balaban J connectivity index is 1.16. The molecule has 11 aromatic rings. The Morgan fingerprint density at radius 2 is 0.807 bits per heavy atom. The summed E-state index contributed by atoms with van der Waals surface area (Å²) in [6.07, 6.45) is 0. The molecule has 9 aromatic carbocycles. The normalized spacial score (nSPS) is 11.5. The first-order valence-corrected chi connectivity index (χ1v) is 19.3. The summed E-state index contributed by atoms with van der Waals surface area (Å²) >= 11 is 0. The molecule has 0 bridgehead atoms. The van der Waals surface area contributed by atoms with Crippen molar-refractivity contribution in [3.8, 4) is 62.1 Å². The van der Waals surface area contributed by atoms with E-state index < -0.39 is 0 Å². The third-order valence-electron chi connectivity index (χ3n) is 11.0. The van der Waals surface area contributed by atoms with Gasteiger partial charge in [-0.25, -0.2) is 15.0 Å². The van der Waals surface area contributed by atoms with Crippen molar-refractivity contribution >= 4 is 43.4 Å². The van der Waals surface area contributed by atoms with E-state index in [9.17, 15) is 0 Å². The molecule has 0 unspecified atom stereocenters. The summed E-state index contributed by atoms with van der Waals surface area (Å²) in [6.45, 7) is 0. The van der Waals surface area contributed by atoms with Crippen LogP contribution in [0.15, 0.2) is 206 Å². The molecule has 4 nitrogen and oxygen atoms in total. The van der Waals surface area contributed by atoms with E-state index in [4.69, 9.17) is 15.0 Å². The fraction of sp³-hybridized carbons (Fsp3) is 0. The van der Waals surface area contributed by atoms with Crippen molar-refractivity contribution < 1.29 is 0 Å². The van der Waals surface area contributed by atoms with Gasteiger partial charge in [-0.1, -0.05) is 170 Å². The molecule has 0 aliphatic carbocycles. The molecular formula is C53H34N4. The Hall–Kier alpha value is -7.69. The van der Waals surface area contributed by atoms with Gasteiger partial charge in [-0.05, 0) is 80.2 Å². The van der Waals surface area contributed by atoms with Crippen LogP contribution in [0.25, 0.3) is 105 Å². The predicted molar refractivity (Wildman–Crippen MR) is 236 cm³/mol. The summed E-state index contributed by atoms with van der Waals surface area (Å²) < 4.78 is 2.36. The minimum Gasteiger partial charge on any atom is -0.308 e. The largest absolute Gasteiger partial charge is 0.308 e. The highest BCUT2D eigenvalue weighted by atomic mass is 15.1. The van der Waals surface area contributed by atoms with Crippen molar-refractivity contribution in [1.29, 1.82) is 0 Å². The van der Waals surface area contributed by atoms with Gasteiger partial charge in [0.05, 0.1) is 16.7 Å². The van der Waals surface area contributed by atoms with Crippen molar-refractivity contribution in [3.05, 3.63) is 206 Å². The highest BCUT2D eigenvalue weighted by molar-refractivity contribution is 6.14. The van der Waals surface area contributed by atoms with Crippen LogP contribution in [0.5, 0.6) is 0 Å². The van der Waals surface area contributed by atoms with Crippen molar-refractivity contribution in [1.82, 2.24) is 19.5 Å². The van der Waals surface area contributed by atoms with Gasteiger partial charge in [-0.15, -0.1) is 0 Å². The number of hydrogen-bond acceptors (Lipinski definition) is 3. The molecule has 0 N–H and O–H groups in total. The molecule has 266 valence electrons. The zero-order valence-corrected chi connectivity index (χ0v) is 30.9. The number of rotatable bonds is 6. The Labute approximate surface area is 330 Å². The first-order valence-electron chi connectivity index (χ1n) is 19.3. The zero-order valence-electron chi connectivity index (χ0n) is 30.9. The molecule has 0 atom stereocenters. The Bertz CT molecular complexity index is 3240. The molecule has 2 heterocycles. The first-order chi connectivity index (χ1) is 28.3. The Morgan fingerprint density at radius 1 is 0.281 bits per heavy atom. The maximum Gasteiger partial charge on any atom is 0.166 e. The fourth-order valence-corrected chi connectivity index (χ4v) is 8.36. The summed E-state index contributed by atoms with van der Waals surface area (Å²) in [5.41, 5.74) is 10.6. The van der Waals surface area contributed by atoms with Crippen LogP contribution in [0.3, 0.4) is 0 Å². The summed E-state index contributed by atoms with van der Waals surface area (Å²) in [6, 6.07) is 72.8. The van der Waals surface area contributed by atoms with Gasteiger partial charge < -0.3 is 4.57 Å². The summed E-state index contributed by atoms with van der Waals surface area (Å²) in [5, 5.41) is 7.30. The minimum absolute atomic E-state index is 0.608. The first kappa shape index (κ1) is 32.7. The van der Waals surface area contributed by atoms with Gasteiger partial charge in [-0.2, -0.15) is 0 Å².